The molecule has 0 bridgehead atoms. The van der Waals surface area contributed by atoms with Gasteiger partial charge in [-0.2, -0.15) is 0 Å². The van der Waals surface area contributed by atoms with Crippen LogP contribution in [-0.2, 0) is 6.42 Å². The molecule has 3 atom stereocenters. The van der Waals surface area contributed by atoms with E-state index in [0.717, 1.165) is 24.6 Å². The van der Waals surface area contributed by atoms with Crippen molar-refractivity contribution in [2.24, 2.45) is 5.92 Å². The van der Waals surface area contributed by atoms with Gasteiger partial charge in [-0.05, 0) is 30.5 Å². The number of para-hydroxylation sites is 1. The van der Waals surface area contributed by atoms with Crippen LogP contribution < -0.4 is 10.1 Å². The summed E-state index contributed by atoms with van der Waals surface area (Å²) >= 11 is 0. The summed E-state index contributed by atoms with van der Waals surface area (Å²) in [6.45, 7) is 7.77. The first kappa shape index (κ1) is 13.4. The molecule has 0 aliphatic carbocycles. The number of rotatable bonds is 6. The number of hydrogen-bond donors (Lipinski definition) is 1. The standard InChI is InChI=1S/C16H25NO/c1-4-12(3)10-14(17-5-2)16-11-13-8-6-7-9-15(13)18-16/h6-9,12,14,16-17H,4-5,10-11H2,1-3H3. The van der Waals surface area contributed by atoms with Crippen LogP contribution in [0.4, 0.5) is 0 Å². The van der Waals surface area contributed by atoms with Crippen LogP contribution in [0.1, 0.15) is 39.2 Å². The Kier molecular flexibility index (Phi) is 4.65. The van der Waals surface area contributed by atoms with Crippen molar-refractivity contribution in [3.8, 4) is 5.75 Å². The summed E-state index contributed by atoms with van der Waals surface area (Å²) in [6.07, 6.45) is 3.78. The maximum absolute atomic E-state index is 6.10. The first-order valence-corrected chi connectivity index (χ1v) is 7.22. The van der Waals surface area contributed by atoms with Crippen LogP contribution in [0, 0.1) is 5.92 Å². The quantitative estimate of drug-likeness (QED) is 0.832. The zero-order valence-electron chi connectivity index (χ0n) is 11.8. The van der Waals surface area contributed by atoms with Crippen LogP contribution in [0.5, 0.6) is 5.75 Å². The van der Waals surface area contributed by atoms with E-state index in [1.54, 1.807) is 0 Å². The van der Waals surface area contributed by atoms with E-state index in [4.69, 9.17) is 4.74 Å². The third-order valence-corrected chi connectivity index (χ3v) is 3.94. The van der Waals surface area contributed by atoms with E-state index < -0.39 is 0 Å². The summed E-state index contributed by atoms with van der Waals surface area (Å²) in [4.78, 5) is 0. The average molecular weight is 247 g/mol. The predicted molar refractivity (Wildman–Crippen MR) is 76.1 cm³/mol. The number of benzene rings is 1. The van der Waals surface area contributed by atoms with Crippen LogP contribution in [-0.4, -0.2) is 18.7 Å². The third-order valence-electron chi connectivity index (χ3n) is 3.94. The van der Waals surface area contributed by atoms with Crippen molar-refractivity contribution in [1.29, 1.82) is 0 Å². The van der Waals surface area contributed by atoms with Gasteiger partial charge in [0.05, 0.1) is 0 Å². The van der Waals surface area contributed by atoms with Crippen molar-refractivity contribution in [3.05, 3.63) is 29.8 Å². The average Bonchev–Trinajstić information content (AvgIpc) is 2.81. The molecule has 1 aliphatic rings. The van der Waals surface area contributed by atoms with Gasteiger partial charge >= 0.3 is 0 Å². The fourth-order valence-corrected chi connectivity index (χ4v) is 2.66. The van der Waals surface area contributed by atoms with Gasteiger partial charge in [0.15, 0.2) is 0 Å². The van der Waals surface area contributed by atoms with Crippen LogP contribution in [0.25, 0.3) is 0 Å². The second-order valence-corrected chi connectivity index (χ2v) is 5.38. The molecule has 1 heterocycles. The summed E-state index contributed by atoms with van der Waals surface area (Å²) < 4.78 is 6.10. The van der Waals surface area contributed by atoms with Crippen molar-refractivity contribution in [1.82, 2.24) is 5.32 Å². The fraction of sp³-hybridized carbons (Fsp3) is 0.625. The van der Waals surface area contributed by atoms with Crippen molar-refractivity contribution >= 4 is 0 Å². The van der Waals surface area contributed by atoms with Gasteiger partial charge in [0.1, 0.15) is 11.9 Å². The molecule has 1 N–H and O–H groups in total. The highest BCUT2D eigenvalue weighted by atomic mass is 16.5. The summed E-state index contributed by atoms with van der Waals surface area (Å²) in [7, 11) is 0. The van der Waals surface area contributed by atoms with E-state index in [0.29, 0.717) is 12.1 Å². The number of hydrogen-bond acceptors (Lipinski definition) is 2. The largest absolute Gasteiger partial charge is 0.488 e. The van der Waals surface area contributed by atoms with Crippen LogP contribution in [0.15, 0.2) is 24.3 Å². The molecule has 100 valence electrons. The lowest BCUT2D eigenvalue weighted by atomic mass is 9.93. The molecule has 2 heteroatoms. The van der Waals surface area contributed by atoms with E-state index in [1.165, 1.54) is 18.4 Å². The topological polar surface area (TPSA) is 21.3 Å². The SMILES string of the molecule is CCNC(CC(C)CC)C1Cc2ccccc2O1. The summed E-state index contributed by atoms with van der Waals surface area (Å²) in [5.41, 5.74) is 1.36. The van der Waals surface area contributed by atoms with E-state index >= 15 is 0 Å². The van der Waals surface area contributed by atoms with E-state index in [-0.39, 0.29) is 0 Å². The zero-order valence-corrected chi connectivity index (χ0v) is 11.8. The smallest absolute Gasteiger partial charge is 0.123 e. The summed E-state index contributed by atoms with van der Waals surface area (Å²) in [6, 6.07) is 8.89. The molecule has 2 nitrogen and oxygen atoms in total. The summed E-state index contributed by atoms with van der Waals surface area (Å²) in [5, 5.41) is 3.60. The molecule has 0 amide bonds. The molecule has 0 aromatic heterocycles. The number of ether oxygens (including phenoxy) is 1. The Labute approximate surface area is 111 Å². The number of nitrogens with one attached hydrogen (secondary N) is 1. The highest BCUT2D eigenvalue weighted by Gasteiger charge is 2.30. The molecule has 0 radical (unpaired) electrons. The fourth-order valence-electron chi connectivity index (χ4n) is 2.66. The Hall–Kier alpha value is -1.02. The maximum atomic E-state index is 6.10. The van der Waals surface area contributed by atoms with Gasteiger partial charge < -0.3 is 10.1 Å². The number of likely N-dealkylation sites (N-methyl/N-ethyl adjacent to an activating group) is 1. The van der Waals surface area contributed by atoms with Crippen molar-refractivity contribution in [2.75, 3.05) is 6.54 Å². The van der Waals surface area contributed by atoms with Gasteiger partial charge in [0, 0.05) is 12.5 Å². The lowest BCUT2D eigenvalue weighted by molar-refractivity contribution is 0.162. The molecule has 2 rings (SSSR count). The Bertz CT molecular complexity index is 352. The normalized spacial score (nSPS) is 21.2. The highest BCUT2D eigenvalue weighted by molar-refractivity contribution is 5.37. The molecule has 1 aromatic rings. The Morgan fingerprint density at radius 3 is 2.78 bits per heavy atom. The Balaban J connectivity index is 2.01. The van der Waals surface area contributed by atoms with E-state index in [2.05, 4.69) is 50.4 Å². The minimum atomic E-state index is 0.302. The third kappa shape index (κ3) is 3.05. The number of fused-ring (bicyclic) bond motifs is 1. The molecule has 3 unspecified atom stereocenters. The Morgan fingerprint density at radius 2 is 2.11 bits per heavy atom. The monoisotopic (exact) mass is 247 g/mol. The minimum Gasteiger partial charge on any atom is -0.488 e. The van der Waals surface area contributed by atoms with Crippen molar-refractivity contribution in [3.63, 3.8) is 0 Å². The molecule has 1 aromatic carbocycles. The first-order chi connectivity index (χ1) is 8.74. The van der Waals surface area contributed by atoms with Gasteiger partial charge in [-0.25, -0.2) is 0 Å². The van der Waals surface area contributed by atoms with Crippen LogP contribution in [0.2, 0.25) is 0 Å². The molecule has 18 heavy (non-hydrogen) atoms. The van der Waals surface area contributed by atoms with Crippen LogP contribution >= 0.6 is 0 Å². The molecular weight excluding hydrogens is 222 g/mol. The lowest BCUT2D eigenvalue weighted by Gasteiger charge is -2.26. The van der Waals surface area contributed by atoms with Crippen molar-refractivity contribution in [2.45, 2.75) is 52.2 Å². The van der Waals surface area contributed by atoms with Gasteiger partial charge in [-0.3, -0.25) is 0 Å². The summed E-state index contributed by atoms with van der Waals surface area (Å²) in [5.74, 6) is 1.83. The zero-order chi connectivity index (χ0) is 13.0. The predicted octanol–water partition coefficient (Wildman–Crippen LogP) is 3.40. The van der Waals surface area contributed by atoms with Gasteiger partial charge in [-0.15, -0.1) is 0 Å². The first-order valence-electron chi connectivity index (χ1n) is 7.22. The lowest BCUT2D eigenvalue weighted by Crippen LogP contribution is -2.43. The molecule has 0 saturated carbocycles. The molecular formula is C16H25NO. The molecule has 1 aliphatic heterocycles. The second-order valence-electron chi connectivity index (χ2n) is 5.38. The van der Waals surface area contributed by atoms with Crippen LogP contribution in [0.3, 0.4) is 0 Å². The van der Waals surface area contributed by atoms with Gasteiger partial charge in [0.25, 0.3) is 0 Å². The van der Waals surface area contributed by atoms with Gasteiger partial charge in [0.2, 0.25) is 0 Å². The van der Waals surface area contributed by atoms with E-state index in [1.807, 2.05) is 0 Å². The maximum Gasteiger partial charge on any atom is 0.123 e. The van der Waals surface area contributed by atoms with E-state index in [9.17, 15) is 0 Å². The molecule has 0 fully saturated rings. The van der Waals surface area contributed by atoms with Gasteiger partial charge in [-0.1, -0.05) is 45.4 Å². The second kappa shape index (κ2) is 6.24. The minimum absolute atomic E-state index is 0.302. The molecule has 0 saturated heterocycles. The molecule has 0 spiro atoms. The van der Waals surface area contributed by atoms with Crippen molar-refractivity contribution < 1.29 is 4.74 Å². The highest BCUT2D eigenvalue weighted by Crippen LogP contribution is 2.31. The Morgan fingerprint density at radius 1 is 1.33 bits per heavy atom.